The molecule has 0 bridgehead atoms. The fourth-order valence-corrected chi connectivity index (χ4v) is 4.05. The SMILES string of the molecule is COc1ccc(C(CNC(=O)c2ccc(OC)c(Cl)c2)N2CCCCCC2)cc1. The highest BCUT2D eigenvalue weighted by Gasteiger charge is 2.22. The van der Waals surface area contributed by atoms with Crippen LogP contribution >= 0.6 is 11.6 Å². The van der Waals surface area contributed by atoms with Gasteiger partial charge in [0.05, 0.1) is 25.3 Å². The Morgan fingerprint density at radius 2 is 1.72 bits per heavy atom. The van der Waals surface area contributed by atoms with Crippen LogP contribution in [0.3, 0.4) is 0 Å². The van der Waals surface area contributed by atoms with Crippen LogP contribution in [0.1, 0.15) is 47.6 Å². The number of methoxy groups -OCH3 is 2. The van der Waals surface area contributed by atoms with E-state index < -0.39 is 0 Å². The fourth-order valence-electron chi connectivity index (χ4n) is 3.79. The van der Waals surface area contributed by atoms with Crippen LogP contribution in [0.5, 0.6) is 11.5 Å². The van der Waals surface area contributed by atoms with Gasteiger partial charge >= 0.3 is 0 Å². The molecule has 2 aromatic rings. The molecular weight excluding hydrogens is 388 g/mol. The van der Waals surface area contributed by atoms with E-state index >= 15 is 0 Å². The maximum atomic E-state index is 12.7. The third kappa shape index (κ3) is 5.64. The predicted octanol–water partition coefficient (Wildman–Crippen LogP) is 4.70. The Hall–Kier alpha value is -2.24. The van der Waals surface area contributed by atoms with Crippen molar-refractivity contribution in [3.05, 3.63) is 58.6 Å². The second-order valence-corrected chi connectivity index (χ2v) is 7.71. The zero-order valence-corrected chi connectivity index (χ0v) is 17.9. The monoisotopic (exact) mass is 416 g/mol. The van der Waals surface area contributed by atoms with Gasteiger partial charge in [-0.3, -0.25) is 9.69 Å². The van der Waals surface area contributed by atoms with Gasteiger partial charge in [-0.2, -0.15) is 0 Å². The molecule has 1 N–H and O–H groups in total. The second-order valence-electron chi connectivity index (χ2n) is 7.30. The van der Waals surface area contributed by atoms with Crippen molar-refractivity contribution in [1.29, 1.82) is 0 Å². The third-order valence-corrected chi connectivity index (χ3v) is 5.75. The minimum Gasteiger partial charge on any atom is -0.497 e. The number of benzene rings is 2. The summed E-state index contributed by atoms with van der Waals surface area (Å²) in [5.74, 6) is 1.26. The number of nitrogens with one attached hydrogen (secondary N) is 1. The van der Waals surface area contributed by atoms with Crippen LogP contribution in [0.2, 0.25) is 5.02 Å². The van der Waals surface area contributed by atoms with Crippen molar-refractivity contribution in [2.45, 2.75) is 31.7 Å². The Bertz CT molecular complexity index is 802. The molecule has 2 aromatic carbocycles. The van der Waals surface area contributed by atoms with Crippen molar-refractivity contribution in [3.63, 3.8) is 0 Å². The number of nitrogens with zero attached hydrogens (tertiary/aromatic N) is 1. The van der Waals surface area contributed by atoms with Crippen molar-refractivity contribution in [1.82, 2.24) is 10.2 Å². The number of amides is 1. The van der Waals surface area contributed by atoms with E-state index in [0.29, 0.717) is 22.9 Å². The van der Waals surface area contributed by atoms with E-state index in [1.165, 1.54) is 31.2 Å². The highest BCUT2D eigenvalue weighted by molar-refractivity contribution is 6.32. The number of likely N-dealkylation sites (tertiary alicyclic amines) is 1. The van der Waals surface area contributed by atoms with Gasteiger partial charge in [0.1, 0.15) is 11.5 Å². The molecule has 1 aliphatic rings. The van der Waals surface area contributed by atoms with Crippen LogP contribution < -0.4 is 14.8 Å². The molecule has 0 aromatic heterocycles. The molecule has 1 unspecified atom stereocenters. The molecule has 3 rings (SSSR count). The van der Waals surface area contributed by atoms with Crippen molar-refractivity contribution in [2.75, 3.05) is 33.9 Å². The van der Waals surface area contributed by atoms with Crippen LogP contribution in [-0.2, 0) is 0 Å². The number of halogens is 1. The van der Waals surface area contributed by atoms with Gasteiger partial charge in [0.15, 0.2) is 0 Å². The predicted molar refractivity (Wildman–Crippen MR) is 116 cm³/mol. The lowest BCUT2D eigenvalue weighted by Crippen LogP contribution is -2.38. The summed E-state index contributed by atoms with van der Waals surface area (Å²) in [6.45, 7) is 2.62. The molecule has 1 heterocycles. The molecule has 156 valence electrons. The molecule has 0 radical (unpaired) electrons. The van der Waals surface area contributed by atoms with Crippen LogP contribution in [0.15, 0.2) is 42.5 Å². The maximum absolute atomic E-state index is 12.7. The molecule has 1 saturated heterocycles. The average molecular weight is 417 g/mol. The maximum Gasteiger partial charge on any atom is 0.251 e. The number of carbonyl (C=O) groups excluding carboxylic acids is 1. The van der Waals surface area contributed by atoms with Crippen molar-refractivity contribution in [2.24, 2.45) is 0 Å². The number of ether oxygens (including phenoxy) is 2. The average Bonchev–Trinajstić information content (AvgIpc) is 3.03. The number of hydrogen-bond acceptors (Lipinski definition) is 4. The molecule has 29 heavy (non-hydrogen) atoms. The first-order valence-electron chi connectivity index (χ1n) is 10.1. The molecular formula is C23H29ClN2O3. The number of carbonyl (C=O) groups is 1. The lowest BCUT2D eigenvalue weighted by atomic mass is 10.0. The lowest BCUT2D eigenvalue weighted by Gasteiger charge is -2.31. The Labute approximate surface area is 177 Å². The first-order valence-corrected chi connectivity index (χ1v) is 10.5. The molecule has 0 aliphatic carbocycles. The van der Waals surface area contributed by atoms with Crippen LogP contribution in [0.25, 0.3) is 0 Å². The molecule has 0 saturated carbocycles. The fraction of sp³-hybridized carbons (Fsp3) is 0.435. The minimum atomic E-state index is -0.136. The summed E-state index contributed by atoms with van der Waals surface area (Å²) in [6, 6.07) is 13.3. The molecule has 0 spiro atoms. The standard InChI is InChI=1S/C23H29ClN2O3/c1-28-19-10-7-17(8-11-19)21(26-13-5-3-4-6-14-26)16-25-23(27)18-9-12-22(29-2)20(24)15-18/h7-12,15,21H,3-6,13-14,16H2,1-2H3,(H,25,27). The number of rotatable bonds is 7. The van der Waals surface area contributed by atoms with E-state index in [4.69, 9.17) is 21.1 Å². The van der Waals surface area contributed by atoms with E-state index in [1.54, 1.807) is 32.4 Å². The third-order valence-electron chi connectivity index (χ3n) is 5.45. The van der Waals surface area contributed by atoms with Crippen LogP contribution in [-0.4, -0.2) is 44.7 Å². The highest BCUT2D eigenvalue weighted by Crippen LogP contribution is 2.27. The summed E-state index contributed by atoms with van der Waals surface area (Å²) in [6.07, 6.45) is 4.91. The summed E-state index contributed by atoms with van der Waals surface area (Å²) in [5.41, 5.74) is 1.71. The largest absolute Gasteiger partial charge is 0.497 e. The van der Waals surface area contributed by atoms with Gasteiger partial charge in [0, 0.05) is 12.1 Å². The quantitative estimate of drug-likeness (QED) is 0.710. The topological polar surface area (TPSA) is 50.8 Å². The molecule has 6 heteroatoms. The van der Waals surface area contributed by atoms with Gasteiger partial charge in [-0.1, -0.05) is 36.6 Å². The molecule has 1 amide bonds. The summed E-state index contributed by atoms with van der Waals surface area (Å²) >= 11 is 6.18. The van der Waals surface area contributed by atoms with Gasteiger partial charge in [0.2, 0.25) is 0 Å². The smallest absolute Gasteiger partial charge is 0.251 e. The zero-order valence-electron chi connectivity index (χ0n) is 17.1. The van der Waals surface area contributed by atoms with Crippen molar-refractivity contribution in [3.8, 4) is 11.5 Å². The van der Waals surface area contributed by atoms with Crippen LogP contribution in [0, 0.1) is 0 Å². The minimum absolute atomic E-state index is 0.122. The normalized spacial score (nSPS) is 16.0. The van der Waals surface area contributed by atoms with E-state index in [2.05, 4.69) is 22.3 Å². The number of hydrogen-bond donors (Lipinski definition) is 1. The summed E-state index contributed by atoms with van der Waals surface area (Å²) < 4.78 is 10.5. The Balaban J connectivity index is 1.74. The van der Waals surface area contributed by atoms with E-state index in [9.17, 15) is 4.79 Å². The zero-order chi connectivity index (χ0) is 20.6. The Morgan fingerprint density at radius 1 is 1.03 bits per heavy atom. The summed E-state index contributed by atoms with van der Waals surface area (Å²) in [7, 11) is 3.23. The first-order chi connectivity index (χ1) is 14.1. The van der Waals surface area contributed by atoms with Gasteiger partial charge in [-0.25, -0.2) is 0 Å². The summed E-state index contributed by atoms with van der Waals surface area (Å²) in [5, 5.41) is 3.53. The van der Waals surface area contributed by atoms with Gasteiger partial charge < -0.3 is 14.8 Å². The first kappa shape index (κ1) is 21.5. The van der Waals surface area contributed by atoms with E-state index in [0.717, 1.165) is 18.8 Å². The highest BCUT2D eigenvalue weighted by atomic mass is 35.5. The van der Waals surface area contributed by atoms with Gasteiger partial charge in [-0.05, 0) is 61.8 Å². The Morgan fingerprint density at radius 3 is 2.31 bits per heavy atom. The van der Waals surface area contributed by atoms with Crippen molar-refractivity contribution >= 4 is 17.5 Å². The second kappa shape index (κ2) is 10.5. The lowest BCUT2D eigenvalue weighted by molar-refractivity contribution is 0.0933. The molecule has 1 atom stereocenters. The van der Waals surface area contributed by atoms with E-state index in [1.807, 2.05) is 12.1 Å². The van der Waals surface area contributed by atoms with Crippen LogP contribution in [0.4, 0.5) is 0 Å². The molecule has 1 fully saturated rings. The van der Waals surface area contributed by atoms with Gasteiger partial charge in [0.25, 0.3) is 5.91 Å². The van der Waals surface area contributed by atoms with Gasteiger partial charge in [-0.15, -0.1) is 0 Å². The van der Waals surface area contributed by atoms with Crippen molar-refractivity contribution < 1.29 is 14.3 Å². The molecule has 1 aliphatic heterocycles. The summed E-state index contributed by atoms with van der Waals surface area (Å²) in [4.78, 5) is 15.2. The van der Waals surface area contributed by atoms with E-state index in [-0.39, 0.29) is 11.9 Å². The molecule has 5 nitrogen and oxygen atoms in total. The Kier molecular flexibility index (Phi) is 7.78.